The smallest absolute Gasteiger partial charge is 0.239 e. The molecule has 2 saturated heterocycles. The molecular formula is C13H25N3OS. The number of hydrogen-bond acceptors (Lipinski definition) is 4. The molecule has 0 spiro atoms. The summed E-state index contributed by atoms with van der Waals surface area (Å²) in [5.74, 6) is 2.78. The number of nitrogens with one attached hydrogen (secondary N) is 1. The maximum absolute atomic E-state index is 12.2. The van der Waals surface area contributed by atoms with Gasteiger partial charge in [-0.3, -0.25) is 9.69 Å². The minimum absolute atomic E-state index is 0.0573. The molecule has 104 valence electrons. The molecule has 0 aromatic carbocycles. The second-order valence-corrected chi connectivity index (χ2v) is 6.67. The van der Waals surface area contributed by atoms with E-state index in [1.54, 1.807) is 0 Å². The average Bonchev–Trinajstić information content (AvgIpc) is 2.69. The van der Waals surface area contributed by atoms with Crippen molar-refractivity contribution in [3.05, 3.63) is 0 Å². The minimum Gasteiger partial charge on any atom is -0.340 e. The van der Waals surface area contributed by atoms with Crippen molar-refractivity contribution in [1.29, 1.82) is 0 Å². The van der Waals surface area contributed by atoms with E-state index in [0.29, 0.717) is 11.9 Å². The lowest BCUT2D eigenvalue weighted by molar-refractivity contribution is -0.129. The summed E-state index contributed by atoms with van der Waals surface area (Å²) in [6.45, 7) is 9.43. The summed E-state index contributed by atoms with van der Waals surface area (Å²) in [6, 6.07) is 0.444. The third kappa shape index (κ3) is 3.87. The van der Waals surface area contributed by atoms with Gasteiger partial charge in [-0.05, 0) is 6.42 Å². The molecule has 0 aromatic heterocycles. The summed E-state index contributed by atoms with van der Waals surface area (Å²) < 4.78 is 0. The quantitative estimate of drug-likeness (QED) is 0.796. The van der Waals surface area contributed by atoms with Crippen molar-refractivity contribution in [3.8, 4) is 0 Å². The Kier molecular flexibility index (Phi) is 5.33. The van der Waals surface area contributed by atoms with Gasteiger partial charge in [0.15, 0.2) is 0 Å². The molecule has 2 aliphatic rings. The summed E-state index contributed by atoms with van der Waals surface area (Å²) in [4.78, 5) is 16.7. The van der Waals surface area contributed by atoms with Crippen molar-refractivity contribution in [2.24, 2.45) is 0 Å². The Morgan fingerprint density at radius 3 is 2.67 bits per heavy atom. The van der Waals surface area contributed by atoms with Gasteiger partial charge in [0, 0.05) is 50.3 Å². The molecule has 1 amide bonds. The Bertz CT molecular complexity index is 279. The Morgan fingerprint density at radius 1 is 1.28 bits per heavy atom. The first-order valence-corrected chi connectivity index (χ1v) is 8.17. The number of likely N-dealkylation sites (tertiary alicyclic amines) is 1. The topological polar surface area (TPSA) is 35.6 Å². The van der Waals surface area contributed by atoms with Crippen molar-refractivity contribution in [2.75, 3.05) is 44.2 Å². The number of thioether (sulfide) groups is 1. The number of carbonyl (C=O) groups is 1. The molecule has 18 heavy (non-hydrogen) atoms. The second kappa shape index (κ2) is 6.78. The predicted octanol–water partition coefficient (Wildman–Crippen LogP) is 0.634. The third-order valence-electron chi connectivity index (χ3n) is 3.62. The Hall–Kier alpha value is -0.260. The van der Waals surface area contributed by atoms with Gasteiger partial charge in [0.25, 0.3) is 0 Å². The zero-order valence-corrected chi connectivity index (χ0v) is 12.3. The van der Waals surface area contributed by atoms with Gasteiger partial charge in [-0.2, -0.15) is 11.8 Å². The van der Waals surface area contributed by atoms with E-state index in [1.807, 2.05) is 16.7 Å². The van der Waals surface area contributed by atoms with E-state index >= 15 is 0 Å². The Labute approximate surface area is 114 Å². The zero-order valence-electron chi connectivity index (χ0n) is 11.5. The molecule has 2 rings (SSSR count). The van der Waals surface area contributed by atoms with Crippen molar-refractivity contribution in [3.63, 3.8) is 0 Å². The summed E-state index contributed by atoms with van der Waals surface area (Å²) >= 11 is 2.03. The lowest BCUT2D eigenvalue weighted by Crippen LogP contribution is -2.44. The van der Waals surface area contributed by atoms with E-state index in [4.69, 9.17) is 0 Å². The molecule has 0 radical (unpaired) electrons. The highest BCUT2D eigenvalue weighted by Crippen LogP contribution is 2.13. The van der Waals surface area contributed by atoms with Crippen LogP contribution >= 0.6 is 11.8 Å². The number of rotatable bonds is 5. The molecule has 0 aliphatic carbocycles. The van der Waals surface area contributed by atoms with Gasteiger partial charge in [-0.15, -0.1) is 0 Å². The maximum Gasteiger partial charge on any atom is 0.239 e. The van der Waals surface area contributed by atoms with Gasteiger partial charge in [-0.25, -0.2) is 0 Å². The van der Waals surface area contributed by atoms with Crippen LogP contribution in [0.15, 0.2) is 0 Å². The molecular weight excluding hydrogens is 246 g/mol. The maximum atomic E-state index is 12.2. The first-order valence-electron chi connectivity index (χ1n) is 7.02. The van der Waals surface area contributed by atoms with Gasteiger partial charge >= 0.3 is 0 Å². The molecule has 0 bridgehead atoms. The van der Waals surface area contributed by atoms with Crippen molar-refractivity contribution < 1.29 is 4.79 Å². The number of hydrogen-bond donors (Lipinski definition) is 1. The summed E-state index contributed by atoms with van der Waals surface area (Å²) in [5, 5.41) is 3.35. The van der Waals surface area contributed by atoms with Crippen LogP contribution in [-0.2, 0) is 4.79 Å². The highest BCUT2D eigenvalue weighted by atomic mass is 32.2. The van der Waals surface area contributed by atoms with E-state index in [9.17, 15) is 4.79 Å². The van der Waals surface area contributed by atoms with Crippen LogP contribution in [0.25, 0.3) is 0 Å². The lowest BCUT2D eigenvalue weighted by Gasteiger charge is -2.28. The molecule has 4 nitrogen and oxygen atoms in total. The largest absolute Gasteiger partial charge is 0.340 e. The molecule has 1 N–H and O–H groups in total. The van der Waals surface area contributed by atoms with Crippen LogP contribution in [0.5, 0.6) is 0 Å². The molecule has 2 fully saturated rings. The molecule has 0 aromatic rings. The van der Waals surface area contributed by atoms with Crippen LogP contribution in [0.4, 0.5) is 0 Å². The molecule has 1 unspecified atom stereocenters. The van der Waals surface area contributed by atoms with Gasteiger partial charge in [-0.1, -0.05) is 13.8 Å². The molecule has 1 atom stereocenters. The van der Waals surface area contributed by atoms with Crippen LogP contribution in [0.2, 0.25) is 0 Å². The minimum atomic E-state index is 0.0573. The monoisotopic (exact) mass is 271 g/mol. The third-order valence-corrected chi connectivity index (χ3v) is 4.56. The van der Waals surface area contributed by atoms with E-state index in [2.05, 4.69) is 24.1 Å². The molecule has 0 saturated carbocycles. The van der Waals surface area contributed by atoms with Crippen molar-refractivity contribution >= 4 is 17.7 Å². The fourth-order valence-corrected chi connectivity index (χ4v) is 3.58. The normalized spacial score (nSPS) is 26.3. The fourth-order valence-electron chi connectivity index (χ4n) is 2.60. The Balaban J connectivity index is 1.72. The second-order valence-electron chi connectivity index (χ2n) is 5.44. The van der Waals surface area contributed by atoms with Crippen LogP contribution < -0.4 is 5.32 Å². The molecule has 2 heterocycles. The van der Waals surface area contributed by atoms with Crippen molar-refractivity contribution in [1.82, 2.24) is 15.1 Å². The van der Waals surface area contributed by atoms with E-state index in [0.717, 1.165) is 26.1 Å². The fraction of sp³-hybridized carbons (Fsp3) is 0.923. The number of amides is 1. The van der Waals surface area contributed by atoms with E-state index in [1.165, 1.54) is 24.6 Å². The molecule has 2 aliphatic heterocycles. The Morgan fingerprint density at radius 2 is 2.00 bits per heavy atom. The standard InChI is InChI=1S/C13H25N3OS/c1-11(2)14-12-3-4-16(13(12)17)6-5-15-7-9-18-10-8-15/h11-12,14H,3-10H2,1-2H3. The first-order chi connectivity index (χ1) is 8.66. The van der Waals surface area contributed by atoms with Gasteiger partial charge in [0.05, 0.1) is 6.04 Å². The lowest BCUT2D eigenvalue weighted by atomic mass is 10.2. The van der Waals surface area contributed by atoms with Crippen LogP contribution in [-0.4, -0.2) is 72.0 Å². The summed E-state index contributed by atoms with van der Waals surface area (Å²) in [6.07, 6.45) is 0.965. The zero-order chi connectivity index (χ0) is 13.0. The predicted molar refractivity (Wildman–Crippen MR) is 77.0 cm³/mol. The van der Waals surface area contributed by atoms with E-state index in [-0.39, 0.29) is 6.04 Å². The average molecular weight is 271 g/mol. The van der Waals surface area contributed by atoms with Gasteiger partial charge in [0.1, 0.15) is 0 Å². The first kappa shape index (κ1) is 14.2. The number of carbonyl (C=O) groups excluding carboxylic acids is 1. The summed E-state index contributed by atoms with van der Waals surface area (Å²) in [5.41, 5.74) is 0. The van der Waals surface area contributed by atoms with Crippen LogP contribution in [0.1, 0.15) is 20.3 Å². The molecule has 5 heteroatoms. The van der Waals surface area contributed by atoms with Crippen LogP contribution in [0.3, 0.4) is 0 Å². The van der Waals surface area contributed by atoms with Crippen LogP contribution in [0, 0.1) is 0 Å². The van der Waals surface area contributed by atoms with Crippen molar-refractivity contribution in [2.45, 2.75) is 32.4 Å². The van der Waals surface area contributed by atoms with Gasteiger partial charge in [0.2, 0.25) is 5.91 Å². The highest BCUT2D eigenvalue weighted by molar-refractivity contribution is 7.99. The highest BCUT2D eigenvalue weighted by Gasteiger charge is 2.31. The van der Waals surface area contributed by atoms with Gasteiger partial charge < -0.3 is 10.2 Å². The number of nitrogens with zero attached hydrogens (tertiary/aromatic N) is 2. The SMILES string of the molecule is CC(C)NC1CCN(CCN2CCSCC2)C1=O. The summed E-state index contributed by atoms with van der Waals surface area (Å²) in [7, 11) is 0. The van der Waals surface area contributed by atoms with E-state index < -0.39 is 0 Å².